The van der Waals surface area contributed by atoms with Crippen molar-refractivity contribution in [2.24, 2.45) is 0 Å². The van der Waals surface area contributed by atoms with E-state index in [-0.39, 0.29) is 18.0 Å². The molecule has 0 spiro atoms. The summed E-state index contributed by atoms with van der Waals surface area (Å²) >= 11 is 5.97. The molecule has 0 saturated carbocycles. The number of aryl methyl sites for hydroxylation is 3. The molecular weight excluding hydrogens is 378 g/mol. The highest BCUT2D eigenvalue weighted by Gasteiger charge is 2.23. The van der Waals surface area contributed by atoms with Crippen molar-refractivity contribution in [1.82, 2.24) is 19.3 Å². The highest BCUT2D eigenvalue weighted by Crippen LogP contribution is 2.19. The van der Waals surface area contributed by atoms with Crippen molar-refractivity contribution in [3.05, 3.63) is 68.4 Å². The van der Waals surface area contributed by atoms with Gasteiger partial charge in [0.05, 0.1) is 11.4 Å². The lowest BCUT2D eigenvalue weighted by molar-refractivity contribution is -0.116. The van der Waals surface area contributed by atoms with Crippen molar-refractivity contribution in [1.29, 1.82) is 0 Å². The van der Waals surface area contributed by atoms with Gasteiger partial charge in [-0.15, -0.1) is 0 Å². The summed E-state index contributed by atoms with van der Waals surface area (Å²) in [6.07, 6.45) is 2.35. The van der Waals surface area contributed by atoms with Gasteiger partial charge in [-0.3, -0.25) is 14.2 Å². The molecule has 1 N–H and O–H groups in total. The van der Waals surface area contributed by atoms with Gasteiger partial charge >= 0.3 is 0 Å². The van der Waals surface area contributed by atoms with E-state index in [9.17, 15) is 9.59 Å². The number of benzene rings is 1. The third-order valence-electron chi connectivity index (χ3n) is 4.78. The van der Waals surface area contributed by atoms with Crippen molar-refractivity contribution in [3.8, 4) is 5.95 Å². The van der Waals surface area contributed by atoms with Gasteiger partial charge in [0.2, 0.25) is 11.9 Å². The van der Waals surface area contributed by atoms with E-state index in [1.807, 2.05) is 19.9 Å². The number of carbonyl (C=O) groups excluding carboxylic acids is 1. The van der Waals surface area contributed by atoms with E-state index < -0.39 is 0 Å². The van der Waals surface area contributed by atoms with Gasteiger partial charge in [-0.25, -0.2) is 9.67 Å². The molecule has 1 aliphatic rings. The molecule has 0 unspecified atom stereocenters. The Balaban J connectivity index is 1.74. The fourth-order valence-corrected chi connectivity index (χ4v) is 3.75. The molecule has 2 aromatic heterocycles. The summed E-state index contributed by atoms with van der Waals surface area (Å²) in [5, 5.41) is 7.77. The van der Waals surface area contributed by atoms with Crippen LogP contribution >= 0.6 is 11.6 Å². The molecule has 1 amide bonds. The van der Waals surface area contributed by atoms with Crippen molar-refractivity contribution in [3.63, 3.8) is 0 Å². The highest BCUT2D eigenvalue weighted by molar-refractivity contribution is 6.30. The zero-order valence-electron chi connectivity index (χ0n) is 15.7. The Kier molecular flexibility index (Phi) is 4.77. The van der Waals surface area contributed by atoms with Gasteiger partial charge in [0, 0.05) is 22.0 Å². The summed E-state index contributed by atoms with van der Waals surface area (Å²) in [4.78, 5) is 30.4. The van der Waals surface area contributed by atoms with Crippen LogP contribution in [0.5, 0.6) is 0 Å². The Bertz CT molecular complexity index is 1130. The maximum absolute atomic E-state index is 13.1. The standard InChI is InChI=1S/C20H20ClN5O2/c1-12-9-13(2)26(24-12)20-23-17-8-4-7-16(17)19(28)25(20)11-18(27)22-15-6-3-5-14(21)10-15/h3,5-6,9-10H,4,7-8,11H2,1-2H3,(H,22,27). The number of aromatic nitrogens is 4. The van der Waals surface area contributed by atoms with Gasteiger partial charge < -0.3 is 5.32 Å². The van der Waals surface area contributed by atoms with Crippen LogP contribution < -0.4 is 10.9 Å². The quantitative estimate of drug-likeness (QED) is 0.733. The molecule has 144 valence electrons. The normalized spacial score (nSPS) is 12.8. The first kappa shape index (κ1) is 18.4. The van der Waals surface area contributed by atoms with Crippen LogP contribution in [-0.4, -0.2) is 25.2 Å². The van der Waals surface area contributed by atoms with Crippen molar-refractivity contribution in [2.75, 3.05) is 5.32 Å². The smallest absolute Gasteiger partial charge is 0.258 e. The molecular formula is C20H20ClN5O2. The molecule has 0 saturated heterocycles. The lowest BCUT2D eigenvalue weighted by Gasteiger charge is -2.15. The van der Waals surface area contributed by atoms with Crippen LogP contribution in [0.15, 0.2) is 35.1 Å². The van der Waals surface area contributed by atoms with Crippen LogP contribution in [-0.2, 0) is 24.2 Å². The van der Waals surface area contributed by atoms with Gasteiger partial charge in [-0.1, -0.05) is 17.7 Å². The lowest BCUT2D eigenvalue weighted by Crippen LogP contribution is -2.34. The van der Waals surface area contributed by atoms with E-state index in [1.54, 1.807) is 28.9 Å². The van der Waals surface area contributed by atoms with Crippen LogP contribution in [0.1, 0.15) is 29.1 Å². The topological polar surface area (TPSA) is 81.8 Å². The molecule has 3 aromatic rings. The van der Waals surface area contributed by atoms with Crippen molar-refractivity contribution < 1.29 is 4.79 Å². The highest BCUT2D eigenvalue weighted by atomic mass is 35.5. The molecule has 0 bridgehead atoms. The summed E-state index contributed by atoms with van der Waals surface area (Å²) in [5.41, 5.74) is 3.58. The molecule has 0 radical (unpaired) electrons. The number of halogens is 1. The van der Waals surface area contributed by atoms with Gasteiger partial charge in [0.15, 0.2) is 0 Å². The number of nitrogens with one attached hydrogen (secondary N) is 1. The number of rotatable bonds is 4. The third kappa shape index (κ3) is 3.45. The first-order valence-corrected chi connectivity index (χ1v) is 9.52. The summed E-state index contributed by atoms with van der Waals surface area (Å²) < 4.78 is 3.03. The fourth-order valence-electron chi connectivity index (χ4n) is 3.56. The Morgan fingerprint density at radius 1 is 1.25 bits per heavy atom. The maximum atomic E-state index is 13.1. The minimum Gasteiger partial charge on any atom is -0.324 e. The average Bonchev–Trinajstić information content (AvgIpc) is 3.23. The SMILES string of the molecule is Cc1cc(C)n(-c2nc3c(c(=O)n2CC(=O)Nc2cccc(Cl)c2)CCC3)n1. The summed E-state index contributed by atoms with van der Waals surface area (Å²) in [6.45, 7) is 3.63. The minimum absolute atomic E-state index is 0.153. The summed E-state index contributed by atoms with van der Waals surface area (Å²) in [7, 11) is 0. The van der Waals surface area contributed by atoms with Crippen LogP contribution in [0.25, 0.3) is 5.95 Å². The second-order valence-electron chi connectivity index (χ2n) is 6.98. The van der Waals surface area contributed by atoms with Gasteiger partial charge in [-0.05, 0) is 57.4 Å². The Morgan fingerprint density at radius 2 is 2.07 bits per heavy atom. The fraction of sp³-hybridized carbons (Fsp3) is 0.300. The zero-order chi connectivity index (χ0) is 19.8. The van der Waals surface area contributed by atoms with Gasteiger partial charge in [-0.2, -0.15) is 5.10 Å². The number of anilines is 1. The second-order valence-corrected chi connectivity index (χ2v) is 7.42. The summed E-state index contributed by atoms with van der Waals surface area (Å²) in [6, 6.07) is 8.80. The Hall–Kier alpha value is -2.93. The molecule has 2 heterocycles. The molecule has 0 atom stereocenters. The maximum Gasteiger partial charge on any atom is 0.258 e. The monoisotopic (exact) mass is 397 g/mol. The first-order valence-electron chi connectivity index (χ1n) is 9.14. The van der Waals surface area contributed by atoms with Gasteiger partial charge in [0.25, 0.3) is 5.56 Å². The summed E-state index contributed by atoms with van der Waals surface area (Å²) in [5.74, 6) is 0.0457. The Morgan fingerprint density at radius 3 is 2.79 bits per heavy atom. The molecule has 1 aliphatic carbocycles. The number of hydrogen-bond donors (Lipinski definition) is 1. The van der Waals surface area contributed by atoms with E-state index in [0.29, 0.717) is 28.6 Å². The largest absolute Gasteiger partial charge is 0.324 e. The van der Waals surface area contributed by atoms with E-state index in [0.717, 1.165) is 29.9 Å². The van der Waals surface area contributed by atoms with Crippen LogP contribution in [0.4, 0.5) is 5.69 Å². The average molecular weight is 398 g/mol. The minimum atomic E-state index is -0.327. The number of carbonyl (C=O) groups is 1. The van der Waals surface area contributed by atoms with Crippen molar-refractivity contribution in [2.45, 2.75) is 39.7 Å². The Labute approximate surface area is 167 Å². The molecule has 28 heavy (non-hydrogen) atoms. The molecule has 0 fully saturated rings. The van der Waals surface area contributed by atoms with Crippen molar-refractivity contribution >= 4 is 23.2 Å². The lowest BCUT2D eigenvalue weighted by atomic mass is 10.2. The molecule has 8 heteroatoms. The third-order valence-corrected chi connectivity index (χ3v) is 5.01. The predicted molar refractivity (Wildman–Crippen MR) is 107 cm³/mol. The predicted octanol–water partition coefficient (Wildman–Crippen LogP) is 2.83. The van der Waals surface area contributed by atoms with Gasteiger partial charge in [0.1, 0.15) is 6.54 Å². The second kappa shape index (κ2) is 7.24. The van der Waals surface area contributed by atoms with E-state index in [2.05, 4.69) is 10.4 Å². The van der Waals surface area contributed by atoms with Crippen LogP contribution in [0.3, 0.4) is 0 Å². The molecule has 0 aliphatic heterocycles. The molecule has 7 nitrogen and oxygen atoms in total. The van der Waals surface area contributed by atoms with E-state index in [1.165, 1.54) is 4.57 Å². The zero-order valence-corrected chi connectivity index (χ0v) is 16.5. The van der Waals surface area contributed by atoms with E-state index in [4.69, 9.17) is 16.6 Å². The van der Waals surface area contributed by atoms with Crippen LogP contribution in [0, 0.1) is 13.8 Å². The number of amides is 1. The number of fused-ring (bicyclic) bond motifs is 1. The number of nitrogens with zero attached hydrogens (tertiary/aromatic N) is 4. The molecule has 4 rings (SSSR count). The first-order chi connectivity index (χ1) is 13.4. The van der Waals surface area contributed by atoms with Crippen LogP contribution in [0.2, 0.25) is 5.02 Å². The van der Waals surface area contributed by atoms with E-state index >= 15 is 0 Å². The molecule has 1 aromatic carbocycles. The number of hydrogen-bond acceptors (Lipinski definition) is 4.